The molecule has 0 spiro atoms. The molecule has 102 valence electrons. The molecule has 1 atom stereocenters. The van der Waals surface area contributed by atoms with Crippen molar-refractivity contribution in [2.75, 3.05) is 18.1 Å². The Balaban J connectivity index is 2.73. The molecule has 0 fully saturated rings. The molecule has 0 radical (unpaired) electrons. The Morgan fingerprint density at radius 3 is 2.67 bits per heavy atom. The van der Waals surface area contributed by atoms with Crippen LogP contribution in [0.15, 0.2) is 18.2 Å². The number of thioether (sulfide) groups is 1. The van der Waals surface area contributed by atoms with Crippen LogP contribution >= 0.6 is 23.4 Å². The van der Waals surface area contributed by atoms with E-state index in [1.165, 1.54) is 12.1 Å². The average molecular weight is 290 g/mol. The molecular weight excluding hydrogens is 269 g/mol. The quantitative estimate of drug-likeness (QED) is 0.792. The third kappa shape index (κ3) is 5.17. The van der Waals surface area contributed by atoms with Crippen molar-refractivity contribution in [3.05, 3.63) is 34.6 Å². The molecule has 0 saturated heterocycles. The first-order chi connectivity index (χ1) is 8.54. The van der Waals surface area contributed by atoms with E-state index in [1.54, 1.807) is 6.07 Å². The molecule has 0 aliphatic carbocycles. The second kappa shape index (κ2) is 8.03. The number of rotatable bonds is 7. The van der Waals surface area contributed by atoms with Crippen LogP contribution in [0.2, 0.25) is 5.02 Å². The Bertz CT molecular complexity index is 371. The van der Waals surface area contributed by atoms with E-state index in [-0.39, 0.29) is 11.9 Å². The van der Waals surface area contributed by atoms with Crippen LogP contribution in [-0.2, 0) is 0 Å². The molecule has 4 heteroatoms. The first-order valence-electron chi connectivity index (χ1n) is 6.30. The van der Waals surface area contributed by atoms with Gasteiger partial charge in [-0.25, -0.2) is 4.39 Å². The van der Waals surface area contributed by atoms with E-state index >= 15 is 0 Å². The van der Waals surface area contributed by atoms with Crippen molar-refractivity contribution in [1.29, 1.82) is 0 Å². The van der Waals surface area contributed by atoms with Crippen LogP contribution in [0.1, 0.15) is 32.4 Å². The molecule has 0 saturated carbocycles. The fourth-order valence-corrected chi connectivity index (χ4v) is 3.10. The lowest BCUT2D eigenvalue weighted by Crippen LogP contribution is -2.23. The number of halogens is 2. The van der Waals surface area contributed by atoms with Crippen LogP contribution in [0.25, 0.3) is 0 Å². The van der Waals surface area contributed by atoms with Gasteiger partial charge in [0, 0.05) is 16.8 Å². The largest absolute Gasteiger partial charge is 0.309 e. The lowest BCUT2D eigenvalue weighted by atomic mass is 10.1. The van der Waals surface area contributed by atoms with Gasteiger partial charge in [0.1, 0.15) is 5.82 Å². The Hall–Kier alpha value is -0.250. The summed E-state index contributed by atoms with van der Waals surface area (Å²) in [6.45, 7) is 7.29. The minimum Gasteiger partial charge on any atom is -0.309 e. The van der Waals surface area contributed by atoms with Crippen molar-refractivity contribution in [3.8, 4) is 0 Å². The van der Waals surface area contributed by atoms with E-state index in [0.717, 1.165) is 23.6 Å². The van der Waals surface area contributed by atoms with Gasteiger partial charge in [0.15, 0.2) is 0 Å². The van der Waals surface area contributed by atoms with Gasteiger partial charge in [-0.15, -0.1) is 0 Å². The van der Waals surface area contributed by atoms with Crippen LogP contribution in [0.5, 0.6) is 0 Å². The monoisotopic (exact) mass is 289 g/mol. The zero-order valence-electron chi connectivity index (χ0n) is 11.2. The molecular formula is C14H21ClFNS. The van der Waals surface area contributed by atoms with Crippen LogP contribution in [0, 0.1) is 11.7 Å². The summed E-state index contributed by atoms with van der Waals surface area (Å²) in [4.78, 5) is 0. The fraction of sp³-hybridized carbons (Fsp3) is 0.571. The number of hydrogen-bond acceptors (Lipinski definition) is 2. The molecule has 18 heavy (non-hydrogen) atoms. The van der Waals surface area contributed by atoms with Gasteiger partial charge in [0.2, 0.25) is 0 Å². The predicted molar refractivity (Wildman–Crippen MR) is 80.0 cm³/mol. The first kappa shape index (κ1) is 15.8. The Labute approximate surface area is 118 Å². The average Bonchev–Trinajstić information content (AvgIpc) is 2.31. The number of hydrogen-bond donors (Lipinski definition) is 1. The van der Waals surface area contributed by atoms with Gasteiger partial charge in [0.25, 0.3) is 0 Å². The van der Waals surface area contributed by atoms with Gasteiger partial charge in [0.05, 0.1) is 0 Å². The minimum atomic E-state index is -0.230. The summed E-state index contributed by atoms with van der Waals surface area (Å²) in [5, 5.41) is 4.00. The van der Waals surface area contributed by atoms with Gasteiger partial charge < -0.3 is 5.32 Å². The zero-order valence-corrected chi connectivity index (χ0v) is 12.7. The van der Waals surface area contributed by atoms with E-state index in [9.17, 15) is 4.39 Å². The summed E-state index contributed by atoms with van der Waals surface area (Å²) in [6.07, 6.45) is 0. The standard InChI is InChI=1S/C14H21ClFNS/c1-4-17-14(9-18-8-10(2)3)12-7-11(16)5-6-13(12)15/h5-7,10,14,17H,4,8-9H2,1-3H3. The van der Waals surface area contributed by atoms with Crippen molar-refractivity contribution in [1.82, 2.24) is 5.32 Å². The predicted octanol–water partition coefficient (Wildman–Crippen LogP) is 4.52. The van der Waals surface area contributed by atoms with Crippen LogP contribution in [0.3, 0.4) is 0 Å². The van der Waals surface area contributed by atoms with Crippen molar-refractivity contribution in [2.45, 2.75) is 26.8 Å². The third-order valence-electron chi connectivity index (χ3n) is 2.52. The molecule has 0 heterocycles. The molecule has 0 bridgehead atoms. The van der Waals surface area contributed by atoms with E-state index in [1.807, 2.05) is 18.7 Å². The molecule has 0 aromatic heterocycles. The highest BCUT2D eigenvalue weighted by Crippen LogP contribution is 2.27. The first-order valence-corrected chi connectivity index (χ1v) is 7.84. The number of benzene rings is 1. The number of nitrogens with one attached hydrogen (secondary N) is 1. The molecule has 0 amide bonds. The van der Waals surface area contributed by atoms with E-state index in [4.69, 9.17) is 11.6 Å². The normalized spacial score (nSPS) is 13.0. The Morgan fingerprint density at radius 1 is 1.33 bits per heavy atom. The molecule has 0 aliphatic rings. The van der Waals surface area contributed by atoms with E-state index < -0.39 is 0 Å². The highest BCUT2D eigenvalue weighted by molar-refractivity contribution is 7.99. The highest BCUT2D eigenvalue weighted by atomic mass is 35.5. The molecule has 1 aromatic rings. The minimum absolute atomic E-state index is 0.113. The van der Waals surface area contributed by atoms with E-state index in [2.05, 4.69) is 19.2 Å². The second-order valence-corrected chi connectivity index (χ2v) is 6.19. The van der Waals surface area contributed by atoms with Crippen LogP contribution in [-0.4, -0.2) is 18.1 Å². The summed E-state index contributed by atoms with van der Waals surface area (Å²) in [5.41, 5.74) is 0.856. The smallest absolute Gasteiger partial charge is 0.123 e. The Kier molecular flexibility index (Phi) is 7.05. The fourth-order valence-electron chi connectivity index (χ4n) is 1.71. The maximum absolute atomic E-state index is 13.3. The third-order valence-corrected chi connectivity index (χ3v) is 4.34. The topological polar surface area (TPSA) is 12.0 Å². The summed E-state index contributed by atoms with van der Waals surface area (Å²) >= 11 is 8.03. The molecule has 1 nitrogen and oxygen atoms in total. The van der Waals surface area contributed by atoms with Crippen LogP contribution < -0.4 is 5.32 Å². The molecule has 1 unspecified atom stereocenters. The van der Waals surface area contributed by atoms with Gasteiger partial charge >= 0.3 is 0 Å². The molecule has 1 aromatic carbocycles. The lowest BCUT2D eigenvalue weighted by molar-refractivity contribution is 0.588. The lowest BCUT2D eigenvalue weighted by Gasteiger charge is -2.20. The molecule has 1 rings (SSSR count). The van der Waals surface area contributed by atoms with Crippen molar-refractivity contribution >= 4 is 23.4 Å². The summed E-state index contributed by atoms with van der Waals surface area (Å²) in [6, 6.07) is 4.67. The SMILES string of the molecule is CCNC(CSCC(C)C)c1cc(F)ccc1Cl. The van der Waals surface area contributed by atoms with Crippen molar-refractivity contribution in [3.63, 3.8) is 0 Å². The summed E-state index contributed by atoms with van der Waals surface area (Å²) < 4.78 is 13.3. The van der Waals surface area contributed by atoms with Gasteiger partial charge in [-0.3, -0.25) is 0 Å². The van der Waals surface area contributed by atoms with Gasteiger partial charge in [-0.2, -0.15) is 11.8 Å². The highest BCUT2D eigenvalue weighted by Gasteiger charge is 2.15. The van der Waals surface area contributed by atoms with Gasteiger partial charge in [-0.1, -0.05) is 32.4 Å². The zero-order chi connectivity index (χ0) is 13.5. The second-order valence-electron chi connectivity index (χ2n) is 4.71. The van der Waals surface area contributed by atoms with Crippen LogP contribution in [0.4, 0.5) is 4.39 Å². The Morgan fingerprint density at radius 2 is 2.06 bits per heavy atom. The molecule has 0 aliphatic heterocycles. The maximum atomic E-state index is 13.3. The molecule has 1 N–H and O–H groups in total. The van der Waals surface area contributed by atoms with E-state index in [0.29, 0.717) is 10.9 Å². The van der Waals surface area contributed by atoms with Crippen molar-refractivity contribution < 1.29 is 4.39 Å². The summed E-state index contributed by atoms with van der Waals surface area (Å²) in [7, 11) is 0. The maximum Gasteiger partial charge on any atom is 0.123 e. The van der Waals surface area contributed by atoms with Crippen molar-refractivity contribution in [2.24, 2.45) is 5.92 Å². The summed E-state index contributed by atoms with van der Waals surface area (Å²) in [5.74, 6) is 2.45. The van der Waals surface area contributed by atoms with Gasteiger partial charge in [-0.05, 0) is 42.0 Å².